The molecule has 1 aromatic carbocycles. The summed E-state index contributed by atoms with van der Waals surface area (Å²) in [6, 6.07) is 1.68. The van der Waals surface area contributed by atoms with Crippen LogP contribution in [-0.2, 0) is 21.4 Å². The number of hydrogen-bond donors (Lipinski definition) is 1. The second-order valence-corrected chi connectivity index (χ2v) is 6.18. The molecule has 0 saturated heterocycles. The predicted molar refractivity (Wildman–Crippen MR) is 68.6 cm³/mol. The van der Waals surface area contributed by atoms with Gasteiger partial charge in [-0.3, -0.25) is 0 Å². The summed E-state index contributed by atoms with van der Waals surface area (Å²) in [5, 5.41) is 8.90. The predicted octanol–water partition coefficient (Wildman–Crippen LogP) is 1.11. The number of halogens is 2. The number of rotatable bonds is 7. The van der Waals surface area contributed by atoms with Crippen molar-refractivity contribution in [1.82, 2.24) is 4.31 Å². The summed E-state index contributed by atoms with van der Waals surface area (Å²) in [6.07, 6.45) is 0.446. The topological polar surface area (TPSA) is 66.8 Å². The highest BCUT2D eigenvalue weighted by Gasteiger charge is 2.26. The van der Waals surface area contributed by atoms with Crippen LogP contribution in [0.4, 0.5) is 8.78 Å². The number of ether oxygens (including phenoxy) is 1. The third-order valence-electron chi connectivity index (χ3n) is 2.82. The molecular weight excluding hydrogens is 292 g/mol. The van der Waals surface area contributed by atoms with E-state index >= 15 is 0 Å². The first-order chi connectivity index (χ1) is 9.36. The maximum atomic E-state index is 13.9. The maximum absolute atomic E-state index is 13.9. The van der Waals surface area contributed by atoms with Crippen molar-refractivity contribution in [2.45, 2.75) is 17.9 Å². The Balaban J connectivity index is 3.10. The fraction of sp³-hybridized carbons (Fsp3) is 0.500. The molecule has 20 heavy (non-hydrogen) atoms. The quantitative estimate of drug-likeness (QED) is 0.766. The molecule has 0 radical (unpaired) electrons. The second kappa shape index (κ2) is 7.07. The van der Waals surface area contributed by atoms with Crippen molar-refractivity contribution in [1.29, 1.82) is 0 Å². The van der Waals surface area contributed by atoms with E-state index in [1.807, 2.05) is 0 Å². The molecule has 1 aromatic rings. The summed E-state index contributed by atoms with van der Waals surface area (Å²) in [6.45, 7) is -0.399. The molecule has 8 heteroatoms. The smallest absolute Gasteiger partial charge is 0.245 e. The average Bonchev–Trinajstić information content (AvgIpc) is 2.39. The highest BCUT2D eigenvalue weighted by Crippen LogP contribution is 2.23. The molecule has 0 amide bonds. The minimum atomic E-state index is -4.07. The Morgan fingerprint density at radius 1 is 1.35 bits per heavy atom. The lowest BCUT2D eigenvalue weighted by atomic mass is 10.2. The molecule has 0 unspecified atom stereocenters. The van der Waals surface area contributed by atoms with Crippen LogP contribution in [0.5, 0.6) is 0 Å². The highest BCUT2D eigenvalue weighted by atomic mass is 32.2. The zero-order valence-corrected chi connectivity index (χ0v) is 12.1. The molecule has 5 nitrogen and oxygen atoms in total. The van der Waals surface area contributed by atoms with Crippen LogP contribution in [0.25, 0.3) is 0 Å². The fourth-order valence-corrected chi connectivity index (χ4v) is 2.93. The van der Waals surface area contributed by atoms with E-state index in [4.69, 9.17) is 9.84 Å². The van der Waals surface area contributed by atoms with Crippen LogP contribution < -0.4 is 0 Å². The molecule has 0 aromatic heterocycles. The van der Waals surface area contributed by atoms with Crippen molar-refractivity contribution in [3.63, 3.8) is 0 Å². The van der Waals surface area contributed by atoms with Gasteiger partial charge in [-0.1, -0.05) is 0 Å². The van der Waals surface area contributed by atoms with Gasteiger partial charge in [-0.2, -0.15) is 0 Å². The van der Waals surface area contributed by atoms with Gasteiger partial charge in [-0.05, 0) is 18.6 Å². The van der Waals surface area contributed by atoms with Crippen LogP contribution in [-0.4, -0.2) is 45.1 Å². The molecule has 0 bridgehead atoms. The van der Waals surface area contributed by atoms with Gasteiger partial charge in [0.05, 0.1) is 12.2 Å². The van der Waals surface area contributed by atoms with Crippen LogP contribution in [0, 0.1) is 11.6 Å². The van der Waals surface area contributed by atoms with Crippen molar-refractivity contribution in [2.24, 2.45) is 0 Å². The molecule has 0 spiro atoms. The van der Waals surface area contributed by atoms with E-state index in [-0.39, 0.29) is 6.54 Å². The zero-order chi connectivity index (χ0) is 15.3. The Kier molecular flexibility index (Phi) is 6.00. The summed E-state index contributed by atoms with van der Waals surface area (Å²) < 4.78 is 57.3. The first-order valence-electron chi connectivity index (χ1n) is 5.89. The Labute approximate surface area is 116 Å². The molecule has 1 N–H and O–H groups in total. The summed E-state index contributed by atoms with van der Waals surface area (Å²) in [5.74, 6) is -2.24. The van der Waals surface area contributed by atoms with E-state index < -0.39 is 38.7 Å². The van der Waals surface area contributed by atoms with Crippen LogP contribution in [0.15, 0.2) is 17.0 Å². The van der Waals surface area contributed by atoms with Crippen LogP contribution >= 0.6 is 0 Å². The Bertz CT molecular complexity index is 563. The van der Waals surface area contributed by atoms with Gasteiger partial charge >= 0.3 is 0 Å². The third kappa shape index (κ3) is 3.51. The van der Waals surface area contributed by atoms with E-state index in [0.717, 1.165) is 16.4 Å². The standard InChI is InChI=1S/C12H17F2NO4S/c1-15(6-3-7-19-2)20(17,18)11-5-4-10(13)9(8-16)12(11)14/h4-5,16H,3,6-8H2,1-2H3. The van der Waals surface area contributed by atoms with E-state index in [2.05, 4.69) is 0 Å². The van der Waals surface area contributed by atoms with Gasteiger partial charge in [0.25, 0.3) is 0 Å². The largest absolute Gasteiger partial charge is 0.391 e. The molecular formula is C12H17F2NO4S. The number of aliphatic hydroxyl groups excluding tert-OH is 1. The minimum Gasteiger partial charge on any atom is -0.391 e. The molecule has 0 aliphatic rings. The third-order valence-corrected chi connectivity index (χ3v) is 4.69. The molecule has 0 saturated carbocycles. The first-order valence-corrected chi connectivity index (χ1v) is 7.33. The van der Waals surface area contributed by atoms with Crippen LogP contribution in [0.3, 0.4) is 0 Å². The molecule has 0 fully saturated rings. The SMILES string of the molecule is COCCCN(C)S(=O)(=O)c1ccc(F)c(CO)c1F. The lowest BCUT2D eigenvalue weighted by molar-refractivity contribution is 0.189. The number of benzene rings is 1. The van der Waals surface area contributed by atoms with Crippen LogP contribution in [0.1, 0.15) is 12.0 Å². The van der Waals surface area contributed by atoms with Crippen molar-refractivity contribution in [3.8, 4) is 0 Å². The van der Waals surface area contributed by atoms with Crippen molar-refractivity contribution in [2.75, 3.05) is 27.3 Å². The Hall–Kier alpha value is -1.09. The van der Waals surface area contributed by atoms with Gasteiger partial charge in [-0.15, -0.1) is 0 Å². The van der Waals surface area contributed by atoms with Gasteiger partial charge < -0.3 is 9.84 Å². The molecule has 0 atom stereocenters. The Morgan fingerprint density at radius 2 is 2.00 bits per heavy atom. The first kappa shape index (κ1) is 17.0. The summed E-state index contributed by atoms with van der Waals surface area (Å²) in [5.41, 5.74) is -0.656. The van der Waals surface area contributed by atoms with Crippen molar-refractivity contribution < 1.29 is 27.0 Å². The average molecular weight is 309 g/mol. The van der Waals surface area contributed by atoms with Gasteiger partial charge in [0, 0.05) is 27.3 Å². The zero-order valence-electron chi connectivity index (χ0n) is 11.3. The normalized spacial score (nSPS) is 12.1. The minimum absolute atomic E-state index is 0.140. The van der Waals surface area contributed by atoms with Gasteiger partial charge in [-0.25, -0.2) is 21.5 Å². The van der Waals surface area contributed by atoms with E-state index in [1.54, 1.807) is 0 Å². The van der Waals surface area contributed by atoms with E-state index in [9.17, 15) is 17.2 Å². The van der Waals surface area contributed by atoms with Crippen LogP contribution in [0.2, 0.25) is 0 Å². The van der Waals surface area contributed by atoms with Crippen molar-refractivity contribution >= 4 is 10.0 Å². The Morgan fingerprint density at radius 3 is 2.55 bits per heavy atom. The van der Waals surface area contributed by atoms with Crippen molar-refractivity contribution in [3.05, 3.63) is 29.3 Å². The highest BCUT2D eigenvalue weighted by molar-refractivity contribution is 7.89. The summed E-state index contributed by atoms with van der Waals surface area (Å²) in [7, 11) is -1.29. The molecule has 1 rings (SSSR count). The molecule has 0 aliphatic heterocycles. The second-order valence-electron chi connectivity index (χ2n) is 4.17. The van der Waals surface area contributed by atoms with Gasteiger partial charge in [0.2, 0.25) is 10.0 Å². The number of aliphatic hydroxyl groups is 1. The van der Waals surface area contributed by atoms with Gasteiger partial charge in [0.1, 0.15) is 10.7 Å². The molecule has 0 aliphatic carbocycles. The van der Waals surface area contributed by atoms with E-state index in [0.29, 0.717) is 13.0 Å². The van der Waals surface area contributed by atoms with Gasteiger partial charge in [0.15, 0.2) is 5.82 Å². The number of methoxy groups -OCH3 is 1. The summed E-state index contributed by atoms with van der Waals surface area (Å²) in [4.78, 5) is -0.650. The number of hydrogen-bond acceptors (Lipinski definition) is 4. The monoisotopic (exact) mass is 309 g/mol. The van der Waals surface area contributed by atoms with E-state index in [1.165, 1.54) is 14.2 Å². The number of sulfonamides is 1. The fourth-order valence-electron chi connectivity index (χ4n) is 1.64. The molecule has 0 heterocycles. The summed E-state index contributed by atoms with van der Waals surface area (Å²) >= 11 is 0. The maximum Gasteiger partial charge on any atom is 0.245 e. The number of nitrogens with zero attached hydrogens (tertiary/aromatic N) is 1. The molecule has 114 valence electrons. The lowest BCUT2D eigenvalue weighted by Crippen LogP contribution is -2.29. The lowest BCUT2D eigenvalue weighted by Gasteiger charge is -2.18.